The number of allylic oxidation sites excluding steroid dienone is 1. The Bertz CT molecular complexity index is 990. The molecule has 28 heavy (non-hydrogen) atoms. The van der Waals surface area contributed by atoms with Gasteiger partial charge in [-0.05, 0) is 22.8 Å². The van der Waals surface area contributed by atoms with E-state index >= 15 is 0 Å². The predicted octanol–water partition coefficient (Wildman–Crippen LogP) is 3.36. The van der Waals surface area contributed by atoms with E-state index in [9.17, 15) is 9.59 Å². The molecule has 144 valence electrons. The van der Waals surface area contributed by atoms with E-state index in [-0.39, 0.29) is 12.3 Å². The van der Waals surface area contributed by atoms with E-state index in [1.807, 2.05) is 42.5 Å². The molecule has 6 nitrogen and oxygen atoms in total. The van der Waals surface area contributed by atoms with Crippen LogP contribution in [0.25, 0.3) is 5.76 Å². The molecule has 2 unspecified atom stereocenters. The lowest BCUT2D eigenvalue weighted by Gasteiger charge is -2.18. The molecule has 2 aromatic carbocycles. The van der Waals surface area contributed by atoms with Crippen LogP contribution < -0.4 is 4.74 Å². The number of fused-ring (bicyclic) bond motifs is 1. The van der Waals surface area contributed by atoms with Gasteiger partial charge >= 0.3 is 11.9 Å². The minimum Gasteiger partial charge on any atom is -0.496 e. The summed E-state index contributed by atoms with van der Waals surface area (Å²) in [6.45, 7) is 0. The molecule has 0 spiro atoms. The Kier molecular flexibility index (Phi) is 4.55. The highest BCUT2D eigenvalue weighted by atomic mass is 16.6. The number of benzene rings is 2. The maximum atomic E-state index is 12.0. The lowest BCUT2D eigenvalue weighted by molar-refractivity contribution is -0.152. The summed E-state index contributed by atoms with van der Waals surface area (Å²) < 4.78 is 21.6. The SMILES string of the molecule is COC1=C(OC)C(c2cccc(C3CC(=O)OC3=O)c2)c2cccc(OC)c21. The quantitative estimate of drug-likeness (QED) is 0.585. The first-order valence-electron chi connectivity index (χ1n) is 8.92. The molecule has 2 aliphatic rings. The zero-order valence-electron chi connectivity index (χ0n) is 15.9. The van der Waals surface area contributed by atoms with Crippen molar-refractivity contribution in [2.24, 2.45) is 0 Å². The summed E-state index contributed by atoms with van der Waals surface area (Å²) in [5.41, 5.74) is 3.53. The summed E-state index contributed by atoms with van der Waals surface area (Å²) in [4.78, 5) is 23.5. The van der Waals surface area contributed by atoms with Crippen molar-refractivity contribution in [1.82, 2.24) is 0 Å². The summed E-state index contributed by atoms with van der Waals surface area (Å²) in [6, 6.07) is 13.4. The van der Waals surface area contributed by atoms with Crippen molar-refractivity contribution in [2.75, 3.05) is 21.3 Å². The normalized spacial score (nSPS) is 20.8. The highest BCUT2D eigenvalue weighted by molar-refractivity contribution is 5.97. The minimum absolute atomic E-state index is 0.0632. The van der Waals surface area contributed by atoms with Gasteiger partial charge < -0.3 is 18.9 Å². The summed E-state index contributed by atoms with van der Waals surface area (Å²) in [5.74, 6) is 0.220. The van der Waals surface area contributed by atoms with E-state index in [2.05, 4.69) is 0 Å². The number of rotatable bonds is 5. The van der Waals surface area contributed by atoms with E-state index in [0.29, 0.717) is 17.3 Å². The van der Waals surface area contributed by atoms with Crippen LogP contribution in [-0.2, 0) is 23.8 Å². The molecule has 4 rings (SSSR count). The van der Waals surface area contributed by atoms with Crippen molar-refractivity contribution in [3.8, 4) is 5.75 Å². The van der Waals surface area contributed by atoms with Crippen molar-refractivity contribution in [3.63, 3.8) is 0 Å². The van der Waals surface area contributed by atoms with Gasteiger partial charge in [0, 0.05) is 0 Å². The zero-order chi connectivity index (χ0) is 19.8. The number of carbonyl (C=O) groups is 2. The van der Waals surface area contributed by atoms with E-state index in [4.69, 9.17) is 18.9 Å². The third-order valence-electron chi connectivity index (χ3n) is 5.24. The molecule has 1 aliphatic heterocycles. The van der Waals surface area contributed by atoms with Crippen molar-refractivity contribution >= 4 is 17.7 Å². The zero-order valence-corrected chi connectivity index (χ0v) is 15.9. The van der Waals surface area contributed by atoms with E-state index in [0.717, 1.165) is 22.3 Å². The molecular weight excluding hydrogens is 360 g/mol. The Morgan fingerprint density at radius 1 is 0.929 bits per heavy atom. The first-order chi connectivity index (χ1) is 13.6. The lowest BCUT2D eigenvalue weighted by atomic mass is 9.88. The molecule has 6 heteroatoms. The van der Waals surface area contributed by atoms with Gasteiger partial charge in [-0.1, -0.05) is 36.4 Å². The maximum absolute atomic E-state index is 12.0. The average Bonchev–Trinajstić information content (AvgIpc) is 3.23. The van der Waals surface area contributed by atoms with Crippen molar-refractivity contribution in [1.29, 1.82) is 0 Å². The smallest absolute Gasteiger partial charge is 0.321 e. The monoisotopic (exact) mass is 380 g/mol. The fourth-order valence-electron chi connectivity index (χ4n) is 4.03. The van der Waals surface area contributed by atoms with Crippen LogP contribution in [0, 0.1) is 0 Å². The van der Waals surface area contributed by atoms with Gasteiger partial charge in [-0.3, -0.25) is 9.59 Å². The molecule has 2 aromatic rings. The first-order valence-corrected chi connectivity index (χ1v) is 8.92. The molecule has 2 atom stereocenters. The molecule has 0 aromatic heterocycles. The number of esters is 2. The molecule has 1 saturated heterocycles. The van der Waals surface area contributed by atoms with Crippen LogP contribution in [0.4, 0.5) is 0 Å². The largest absolute Gasteiger partial charge is 0.496 e. The third-order valence-corrected chi connectivity index (χ3v) is 5.24. The van der Waals surface area contributed by atoms with Crippen LogP contribution >= 0.6 is 0 Å². The topological polar surface area (TPSA) is 71.1 Å². The lowest BCUT2D eigenvalue weighted by Crippen LogP contribution is -2.08. The second-order valence-corrected chi connectivity index (χ2v) is 6.68. The number of ether oxygens (including phenoxy) is 4. The number of methoxy groups -OCH3 is 3. The van der Waals surface area contributed by atoms with Gasteiger partial charge in [-0.25, -0.2) is 0 Å². The molecule has 0 radical (unpaired) electrons. The van der Waals surface area contributed by atoms with Gasteiger partial charge in [0.2, 0.25) is 0 Å². The number of carbonyl (C=O) groups excluding carboxylic acids is 2. The van der Waals surface area contributed by atoms with E-state index in [1.54, 1.807) is 21.3 Å². The highest BCUT2D eigenvalue weighted by Crippen LogP contribution is 2.49. The molecule has 1 aliphatic carbocycles. The van der Waals surface area contributed by atoms with Gasteiger partial charge in [-0.2, -0.15) is 0 Å². The van der Waals surface area contributed by atoms with Crippen LogP contribution in [0.3, 0.4) is 0 Å². The second-order valence-electron chi connectivity index (χ2n) is 6.68. The van der Waals surface area contributed by atoms with E-state index in [1.165, 1.54) is 0 Å². The molecule has 0 N–H and O–H groups in total. The Labute approximate surface area is 162 Å². The molecule has 1 heterocycles. The molecule has 0 bridgehead atoms. The van der Waals surface area contributed by atoms with Gasteiger partial charge in [0.25, 0.3) is 0 Å². The van der Waals surface area contributed by atoms with Crippen LogP contribution in [0.2, 0.25) is 0 Å². The number of hydrogen-bond donors (Lipinski definition) is 0. The average molecular weight is 380 g/mol. The third kappa shape index (κ3) is 2.72. The predicted molar refractivity (Wildman–Crippen MR) is 101 cm³/mol. The van der Waals surface area contributed by atoms with Crippen LogP contribution in [0.15, 0.2) is 48.2 Å². The molecule has 0 amide bonds. The van der Waals surface area contributed by atoms with E-state index < -0.39 is 17.9 Å². The van der Waals surface area contributed by atoms with Gasteiger partial charge in [-0.15, -0.1) is 0 Å². The van der Waals surface area contributed by atoms with Crippen LogP contribution in [0.5, 0.6) is 5.75 Å². The Balaban J connectivity index is 1.84. The van der Waals surface area contributed by atoms with Crippen LogP contribution in [0.1, 0.15) is 40.5 Å². The van der Waals surface area contributed by atoms with Gasteiger partial charge in [0.15, 0.2) is 5.76 Å². The molecule has 1 fully saturated rings. The molecule has 0 saturated carbocycles. The van der Waals surface area contributed by atoms with Crippen molar-refractivity contribution in [3.05, 3.63) is 70.5 Å². The first kappa shape index (κ1) is 18.1. The summed E-state index contributed by atoms with van der Waals surface area (Å²) in [7, 11) is 4.83. The second kappa shape index (κ2) is 7.03. The minimum atomic E-state index is -0.574. The highest BCUT2D eigenvalue weighted by Gasteiger charge is 2.39. The van der Waals surface area contributed by atoms with Crippen LogP contribution in [-0.4, -0.2) is 33.3 Å². The fraction of sp³-hybridized carbons (Fsp3) is 0.273. The Morgan fingerprint density at radius 3 is 2.32 bits per heavy atom. The maximum Gasteiger partial charge on any atom is 0.321 e. The summed E-state index contributed by atoms with van der Waals surface area (Å²) >= 11 is 0. The van der Waals surface area contributed by atoms with Crippen molar-refractivity contribution in [2.45, 2.75) is 18.3 Å². The summed E-state index contributed by atoms with van der Waals surface area (Å²) in [6.07, 6.45) is 0.0632. The van der Waals surface area contributed by atoms with Crippen molar-refractivity contribution < 1.29 is 28.5 Å². The summed E-state index contributed by atoms with van der Waals surface area (Å²) in [5, 5.41) is 0. The van der Waals surface area contributed by atoms with Gasteiger partial charge in [0.05, 0.1) is 45.1 Å². The fourth-order valence-corrected chi connectivity index (χ4v) is 4.03. The number of hydrogen-bond acceptors (Lipinski definition) is 6. The standard InChI is InChI=1S/C22H20O6/c1-25-16-9-5-8-14-18(20(26-2)21(27-3)19(14)16)13-7-4-6-12(10-13)15-11-17(23)28-22(15)24/h4-10,15,18H,11H2,1-3H3. The Morgan fingerprint density at radius 2 is 1.68 bits per heavy atom. The Hall–Kier alpha value is -3.28. The molecular formula is C22H20O6. The van der Waals surface area contributed by atoms with Gasteiger partial charge in [0.1, 0.15) is 11.5 Å². The number of cyclic esters (lactones) is 2.